The van der Waals surface area contributed by atoms with Gasteiger partial charge in [0.1, 0.15) is 12.6 Å². The average Bonchev–Trinajstić information content (AvgIpc) is 3.36. The number of ether oxygens (including phenoxy) is 1. The first-order chi connectivity index (χ1) is 13.5. The summed E-state index contributed by atoms with van der Waals surface area (Å²) in [6, 6.07) is 4.25. The number of benzene rings is 1. The Balaban J connectivity index is 1.61. The molecule has 0 radical (unpaired) electrons. The molecule has 5 nitrogen and oxygen atoms in total. The Morgan fingerprint density at radius 3 is 2.64 bits per heavy atom. The van der Waals surface area contributed by atoms with Crippen LogP contribution in [0, 0.1) is 11.6 Å². The third-order valence-electron chi connectivity index (χ3n) is 5.30. The van der Waals surface area contributed by atoms with E-state index in [0.29, 0.717) is 42.2 Å². The van der Waals surface area contributed by atoms with Crippen LogP contribution in [-0.2, 0) is 17.8 Å². The van der Waals surface area contributed by atoms with Crippen LogP contribution in [0.1, 0.15) is 36.6 Å². The highest BCUT2D eigenvalue weighted by atomic mass is 35.5. The Bertz CT molecular complexity index is 986. The fraction of sp³-hybridized carbons (Fsp3) is 0.400. The number of pyridine rings is 1. The smallest absolute Gasteiger partial charge is 0.293 e. The van der Waals surface area contributed by atoms with Gasteiger partial charge in [0.25, 0.3) is 5.56 Å². The van der Waals surface area contributed by atoms with Gasteiger partial charge in [-0.3, -0.25) is 14.2 Å². The van der Waals surface area contributed by atoms with E-state index in [1.54, 1.807) is 4.90 Å². The minimum atomic E-state index is -0.985. The fourth-order valence-corrected chi connectivity index (χ4v) is 4.15. The van der Waals surface area contributed by atoms with Gasteiger partial charge in [-0.15, -0.1) is 0 Å². The number of nitrogens with zero attached hydrogens (tertiary/aromatic N) is 2. The number of carbonyl (C=O) groups is 1. The van der Waals surface area contributed by atoms with Crippen molar-refractivity contribution in [2.45, 2.75) is 38.3 Å². The van der Waals surface area contributed by atoms with Gasteiger partial charge in [-0.05, 0) is 43.4 Å². The molecular weight excluding hydrogens is 390 g/mol. The van der Waals surface area contributed by atoms with E-state index in [9.17, 15) is 18.4 Å². The average molecular weight is 409 g/mol. The lowest BCUT2D eigenvalue weighted by Gasteiger charge is -2.22. The monoisotopic (exact) mass is 408 g/mol. The maximum atomic E-state index is 13.4. The topological polar surface area (TPSA) is 51.5 Å². The summed E-state index contributed by atoms with van der Waals surface area (Å²) in [7, 11) is 0. The lowest BCUT2D eigenvalue weighted by atomic mass is 10.2. The maximum absolute atomic E-state index is 13.4. The molecule has 0 N–H and O–H groups in total. The van der Waals surface area contributed by atoms with Gasteiger partial charge in [0.15, 0.2) is 17.4 Å². The van der Waals surface area contributed by atoms with Crippen molar-refractivity contribution in [3.8, 4) is 5.75 Å². The van der Waals surface area contributed by atoms with E-state index in [2.05, 4.69) is 0 Å². The summed E-state index contributed by atoms with van der Waals surface area (Å²) < 4.78 is 33.4. The van der Waals surface area contributed by atoms with Crippen LogP contribution in [0.3, 0.4) is 0 Å². The Labute approximate surface area is 165 Å². The minimum Gasteiger partial charge on any atom is -0.483 e. The molecule has 2 aromatic rings. The van der Waals surface area contributed by atoms with Gasteiger partial charge in [0.2, 0.25) is 5.91 Å². The summed E-state index contributed by atoms with van der Waals surface area (Å²) in [6.45, 7) is 1.30. The zero-order chi connectivity index (χ0) is 19.8. The van der Waals surface area contributed by atoms with Gasteiger partial charge in [-0.25, -0.2) is 8.78 Å². The number of aromatic nitrogens is 1. The van der Waals surface area contributed by atoms with Crippen LogP contribution in [0.15, 0.2) is 29.1 Å². The molecule has 0 bridgehead atoms. The number of amides is 1. The van der Waals surface area contributed by atoms with Crippen molar-refractivity contribution < 1.29 is 18.3 Å². The van der Waals surface area contributed by atoms with Crippen molar-refractivity contribution in [3.63, 3.8) is 0 Å². The predicted molar refractivity (Wildman–Crippen MR) is 99.6 cm³/mol. The zero-order valence-electron chi connectivity index (χ0n) is 15.1. The van der Waals surface area contributed by atoms with E-state index >= 15 is 0 Å². The maximum Gasteiger partial charge on any atom is 0.293 e. The number of halogens is 3. The van der Waals surface area contributed by atoms with Crippen LogP contribution < -0.4 is 10.3 Å². The van der Waals surface area contributed by atoms with Gasteiger partial charge in [0, 0.05) is 24.8 Å². The highest BCUT2D eigenvalue weighted by molar-refractivity contribution is 6.31. The van der Waals surface area contributed by atoms with Gasteiger partial charge >= 0.3 is 0 Å². The molecule has 0 unspecified atom stereocenters. The van der Waals surface area contributed by atoms with Crippen molar-refractivity contribution in [1.29, 1.82) is 0 Å². The van der Waals surface area contributed by atoms with Crippen LogP contribution >= 0.6 is 11.6 Å². The van der Waals surface area contributed by atoms with Crippen molar-refractivity contribution >= 4 is 17.5 Å². The number of fused-ring (bicyclic) bond motifs is 1. The molecule has 0 spiro atoms. The first-order valence-corrected chi connectivity index (χ1v) is 9.63. The first kappa shape index (κ1) is 18.9. The van der Waals surface area contributed by atoms with E-state index in [0.717, 1.165) is 25.0 Å². The highest BCUT2D eigenvalue weighted by Crippen LogP contribution is 2.33. The molecule has 3 heterocycles. The van der Waals surface area contributed by atoms with Crippen molar-refractivity contribution in [1.82, 2.24) is 9.47 Å². The molecule has 2 aliphatic heterocycles. The van der Waals surface area contributed by atoms with E-state index in [-0.39, 0.29) is 18.3 Å². The minimum absolute atomic E-state index is 0.0143. The quantitative estimate of drug-likeness (QED) is 0.778. The van der Waals surface area contributed by atoms with Crippen LogP contribution in [0.2, 0.25) is 5.02 Å². The predicted octanol–water partition coefficient (Wildman–Crippen LogP) is 3.47. The molecule has 0 aliphatic carbocycles. The number of carbonyl (C=O) groups excluding carboxylic acids is 1. The summed E-state index contributed by atoms with van der Waals surface area (Å²) in [5, 5.41) is 0.358. The number of hydrogen-bond donors (Lipinski definition) is 0. The van der Waals surface area contributed by atoms with Crippen molar-refractivity contribution in [2.75, 3.05) is 13.1 Å². The van der Waals surface area contributed by atoms with Crippen LogP contribution in [0.5, 0.6) is 5.75 Å². The molecule has 1 aromatic carbocycles. The van der Waals surface area contributed by atoms with Gasteiger partial charge in [-0.2, -0.15) is 0 Å². The number of hydrogen-bond acceptors (Lipinski definition) is 3. The second kappa shape index (κ2) is 7.54. The molecule has 148 valence electrons. The number of likely N-dealkylation sites (tertiary alicyclic amines) is 1. The third-order valence-corrected chi connectivity index (χ3v) is 5.63. The molecule has 2 aliphatic rings. The van der Waals surface area contributed by atoms with Crippen molar-refractivity contribution in [2.24, 2.45) is 0 Å². The number of rotatable bonds is 4. The summed E-state index contributed by atoms with van der Waals surface area (Å²) in [5.74, 6) is -2.01. The lowest BCUT2D eigenvalue weighted by molar-refractivity contribution is -0.133. The van der Waals surface area contributed by atoms with Crippen LogP contribution in [0.4, 0.5) is 8.78 Å². The van der Waals surface area contributed by atoms with Crippen LogP contribution in [0.25, 0.3) is 0 Å². The van der Waals surface area contributed by atoms with Gasteiger partial charge in [-0.1, -0.05) is 17.7 Å². The van der Waals surface area contributed by atoms with Crippen molar-refractivity contribution in [3.05, 3.63) is 62.5 Å². The molecule has 1 saturated heterocycles. The highest BCUT2D eigenvalue weighted by Gasteiger charge is 2.35. The van der Waals surface area contributed by atoms with E-state index in [1.165, 1.54) is 16.7 Å². The lowest BCUT2D eigenvalue weighted by Crippen LogP contribution is -2.37. The molecule has 8 heteroatoms. The van der Waals surface area contributed by atoms with Gasteiger partial charge < -0.3 is 9.64 Å². The van der Waals surface area contributed by atoms with Crippen LogP contribution in [-0.4, -0.2) is 28.5 Å². The molecule has 0 saturated carbocycles. The molecule has 1 aromatic heterocycles. The molecule has 1 amide bonds. The van der Waals surface area contributed by atoms with E-state index in [4.69, 9.17) is 16.3 Å². The molecule has 4 rings (SSSR count). The Morgan fingerprint density at radius 2 is 1.93 bits per heavy atom. The molecule has 1 fully saturated rings. The zero-order valence-corrected chi connectivity index (χ0v) is 15.8. The second-order valence-electron chi connectivity index (χ2n) is 7.10. The second-order valence-corrected chi connectivity index (χ2v) is 7.51. The van der Waals surface area contributed by atoms with E-state index < -0.39 is 23.2 Å². The molecule has 28 heavy (non-hydrogen) atoms. The summed E-state index contributed by atoms with van der Waals surface area (Å²) in [5.41, 5.74) is 0.575. The fourth-order valence-electron chi connectivity index (χ4n) is 3.86. The Hall–Kier alpha value is -2.41. The first-order valence-electron chi connectivity index (χ1n) is 9.25. The Kier molecular flexibility index (Phi) is 5.10. The summed E-state index contributed by atoms with van der Waals surface area (Å²) >= 11 is 6.33. The molecular formula is C20H19ClF2N2O3. The van der Waals surface area contributed by atoms with Gasteiger partial charge in [0.05, 0.1) is 5.02 Å². The third kappa shape index (κ3) is 3.39. The van der Waals surface area contributed by atoms with E-state index in [1.807, 2.05) is 0 Å². The standard InChI is InChI=1S/C20H19ClF2N2O3/c21-13-10-18(28-11-12-3-4-14(22)15(23)9-12)20(27)25-16(13)5-6-17(25)19(26)24-7-1-2-8-24/h3-4,9-10,17H,1-2,5-8,11H2/t17-/m0/s1. The molecule has 1 atom stereocenters. The normalized spacial score (nSPS) is 18.4. The summed E-state index contributed by atoms with van der Waals surface area (Å²) in [6.07, 6.45) is 3.01. The SMILES string of the molecule is O=C([C@@H]1CCc2c(Cl)cc(OCc3ccc(F)c(F)c3)c(=O)n21)N1CCCC1. The Morgan fingerprint density at radius 1 is 1.18 bits per heavy atom. The summed E-state index contributed by atoms with van der Waals surface area (Å²) in [4.78, 5) is 27.6. The largest absolute Gasteiger partial charge is 0.483 e.